The molecular weight excluding hydrogens is 844 g/mol. The van der Waals surface area contributed by atoms with Gasteiger partial charge in [-0.15, -0.1) is 35.8 Å². The second-order valence-electron chi connectivity index (χ2n) is 18.6. The summed E-state index contributed by atoms with van der Waals surface area (Å²) in [6.45, 7) is 9.30. The number of carbonyl (C=O) groups excluding carboxylic acids is 3. The van der Waals surface area contributed by atoms with Gasteiger partial charge in [0.15, 0.2) is 12.2 Å². The normalized spacial score (nSPS) is 23.7. The lowest BCUT2D eigenvalue weighted by Gasteiger charge is -2.46. The van der Waals surface area contributed by atoms with Gasteiger partial charge in [0, 0.05) is 19.4 Å². The predicted octanol–water partition coefficient (Wildman–Crippen LogP) is 12.9. The van der Waals surface area contributed by atoms with Crippen molar-refractivity contribution in [1.82, 2.24) is 10.2 Å². The van der Waals surface area contributed by atoms with Crippen molar-refractivity contribution in [2.24, 2.45) is 5.92 Å². The van der Waals surface area contributed by atoms with E-state index in [1.165, 1.54) is 134 Å². The minimum Gasteiger partial charge on any atom is -0.455 e. The molecule has 2 rings (SSSR count). The lowest BCUT2D eigenvalue weighted by Crippen LogP contribution is -2.66. The fraction of sp³-hybridized carbons (Fsp3) is 0.940. The van der Waals surface area contributed by atoms with E-state index in [-0.39, 0.29) is 43.2 Å². The van der Waals surface area contributed by atoms with E-state index in [2.05, 4.69) is 31.0 Å². The van der Waals surface area contributed by atoms with Crippen molar-refractivity contribution in [1.29, 1.82) is 0 Å². The largest absolute Gasteiger partial charge is 0.455 e. The fourth-order valence-corrected chi connectivity index (χ4v) is 10.3. The third-order valence-corrected chi connectivity index (χ3v) is 14.2. The molecule has 366 valence electrons. The maximum Gasteiger partial charge on any atom is 0.306 e. The number of ether oxygens (including phenoxy) is 3. The van der Waals surface area contributed by atoms with E-state index in [0.29, 0.717) is 12.3 Å². The summed E-state index contributed by atoms with van der Waals surface area (Å²) in [7, 11) is 1.97. The topological polar surface area (TPSA) is 114 Å². The Morgan fingerprint density at radius 3 is 1.48 bits per heavy atom. The number of nitrogens with zero attached hydrogens (tertiary/aromatic N) is 1. The van der Waals surface area contributed by atoms with E-state index < -0.39 is 47.2 Å². The summed E-state index contributed by atoms with van der Waals surface area (Å²) < 4.78 is 18.6. The zero-order valence-electron chi connectivity index (χ0n) is 40.4. The van der Waals surface area contributed by atoms with Gasteiger partial charge in [0.05, 0.1) is 17.5 Å². The molecule has 0 aliphatic carbocycles. The lowest BCUT2D eigenvalue weighted by atomic mass is 9.92. The zero-order valence-corrected chi connectivity index (χ0v) is 42.8. The molecule has 2 aliphatic rings. The maximum atomic E-state index is 13.8. The predicted molar refractivity (Wildman–Crippen MR) is 262 cm³/mol. The van der Waals surface area contributed by atoms with Crippen molar-refractivity contribution in [3.8, 4) is 0 Å². The summed E-state index contributed by atoms with van der Waals surface area (Å²) in [5, 5.41) is 14.5. The highest BCUT2D eigenvalue weighted by Gasteiger charge is 2.53. The summed E-state index contributed by atoms with van der Waals surface area (Å²) in [5.41, 5.74) is -0.740. The van der Waals surface area contributed by atoms with E-state index in [0.717, 1.165) is 64.3 Å². The van der Waals surface area contributed by atoms with Gasteiger partial charge in [0.25, 0.3) is 0 Å². The van der Waals surface area contributed by atoms with Gasteiger partial charge in [-0.25, -0.2) is 0 Å². The average molecular weight is 938 g/mol. The Morgan fingerprint density at radius 1 is 0.694 bits per heavy atom. The smallest absolute Gasteiger partial charge is 0.306 e. The van der Waals surface area contributed by atoms with Crippen LogP contribution >= 0.6 is 35.8 Å². The molecule has 0 aromatic carbocycles. The van der Waals surface area contributed by atoms with Crippen LogP contribution in [0.3, 0.4) is 0 Å². The number of thioether (sulfide) groups is 1. The van der Waals surface area contributed by atoms with Crippen LogP contribution in [0, 0.1) is 5.92 Å². The monoisotopic (exact) mass is 937 g/mol. The highest BCUT2D eigenvalue weighted by molar-refractivity contribution is 7.99. The van der Waals surface area contributed by atoms with Gasteiger partial charge >= 0.3 is 11.9 Å². The lowest BCUT2D eigenvalue weighted by molar-refractivity contribution is -0.229. The van der Waals surface area contributed by atoms with Crippen LogP contribution in [0.1, 0.15) is 227 Å². The molecule has 0 saturated carbocycles. The van der Waals surface area contributed by atoms with E-state index in [9.17, 15) is 19.5 Å². The molecule has 2 heterocycles. The van der Waals surface area contributed by atoms with Gasteiger partial charge in [-0.2, -0.15) is 0 Å². The number of amides is 1. The zero-order chi connectivity index (χ0) is 44.7. The molecular formula is C50H94Cl2N2O7S. The Balaban J connectivity index is 0.0000192. The minimum atomic E-state index is -1.38. The summed E-state index contributed by atoms with van der Waals surface area (Å²) >= 11 is 8.10. The number of aliphatic hydroxyl groups is 1. The first kappa shape index (κ1) is 59.2. The first-order chi connectivity index (χ1) is 29.6. The molecule has 2 fully saturated rings. The summed E-state index contributed by atoms with van der Waals surface area (Å²) in [5.74, 6) is -0.527. The van der Waals surface area contributed by atoms with E-state index >= 15 is 0 Å². The van der Waals surface area contributed by atoms with Gasteiger partial charge in [-0.1, -0.05) is 181 Å². The molecule has 2 N–H and O–H groups in total. The second kappa shape index (κ2) is 37.3. The highest BCUT2D eigenvalue weighted by atomic mass is 35.5. The van der Waals surface area contributed by atoms with Crippen molar-refractivity contribution in [3.63, 3.8) is 0 Å². The van der Waals surface area contributed by atoms with Gasteiger partial charge in [-0.05, 0) is 51.8 Å². The Morgan fingerprint density at radius 2 is 1.10 bits per heavy atom. The van der Waals surface area contributed by atoms with Crippen LogP contribution in [0.5, 0.6) is 0 Å². The number of alkyl halides is 1. The molecule has 12 heteroatoms. The standard InChI is InChI=1S/C50H93ClN2O7S.ClH/c1-7-10-12-14-16-18-20-22-24-26-28-30-32-35-42(54)58-47-45(56)46(44(39(4)51)52-49(57)41-37-40(34-9-3)38-53(41)5)60-50(61-6)48(47)59-43(55)36-33-31-29-27-25-23-21-19-17-15-13-11-8-2;/h39-41,44-48,50,56H,7-38H2,1-6H3,(H,52,57);1H/t39-,40+,41-,44+,45-,46?,47+,48?,50+;/m0./s1. The summed E-state index contributed by atoms with van der Waals surface area (Å²) in [6, 6.07) is -1.08. The SMILES string of the molecule is CCCCCCCCCCCCCCCC(=O)OC1[C@@H](SC)OC([C@H](NC(=O)[C@@H]2C[C@@H](CCC)CN2C)[C@H](C)Cl)[C@H](O)[C@H]1OC(=O)CCCCCCCCCCCCCCC.Cl. The highest BCUT2D eigenvalue weighted by Crippen LogP contribution is 2.35. The number of halogens is 2. The molecule has 0 aromatic rings. The first-order valence-electron chi connectivity index (χ1n) is 25.5. The van der Waals surface area contributed by atoms with Crippen molar-refractivity contribution < 1.29 is 33.7 Å². The van der Waals surface area contributed by atoms with E-state index in [1.54, 1.807) is 6.92 Å². The van der Waals surface area contributed by atoms with Crippen LogP contribution in [0.25, 0.3) is 0 Å². The molecule has 0 radical (unpaired) electrons. The Hall–Kier alpha value is -0.780. The molecule has 0 aromatic heterocycles. The number of hydrogen-bond donors (Lipinski definition) is 2. The van der Waals surface area contributed by atoms with Crippen molar-refractivity contribution >= 4 is 53.6 Å². The molecule has 9 nitrogen and oxygen atoms in total. The summed E-state index contributed by atoms with van der Waals surface area (Å²) in [4.78, 5) is 42.6. The Labute approximate surface area is 395 Å². The number of aliphatic hydroxyl groups excluding tert-OH is 1. The molecule has 0 bridgehead atoms. The molecule has 1 amide bonds. The maximum absolute atomic E-state index is 13.8. The molecule has 2 aliphatic heterocycles. The molecule has 2 saturated heterocycles. The van der Waals surface area contributed by atoms with Crippen molar-refractivity contribution in [2.75, 3.05) is 19.8 Å². The van der Waals surface area contributed by atoms with Crippen LogP contribution in [0.4, 0.5) is 0 Å². The number of carbonyl (C=O) groups is 3. The van der Waals surface area contributed by atoms with Crippen LogP contribution < -0.4 is 5.32 Å². The first-order valence-corrected chi connectivity index (χ1v) is 27.2. The van der Waals surface area contributed by atoms with E-state index in [4.69, 9.17) is 25.8 Å². The number of hydrogen-bond acceptors (Lipinski definition) is 9. The van der Waals surface area contributed by atoms with Gasteiger partial charge in [0.2, 0.25) is 5.91 Å². The summed E-state index contributed by atoms with van der Waals surface area (Å²) in [6.07, 6.45) is 32.2. The third kappa shape index (κ3) is 24.7. The van der Waals surface area contributed by atoms with E-state index in [1.807, 2.05) is 13.3 Å². The quantitative estimate of drug-likeness (QED) is 0.0357. The van der Waals surface area contributed by atoms with Crippen LogP contribution in [0.15, 0.2) is 0 Å². The van der Waals surface area contributed by atoms with Crippen LogP contribution in [0.2, 0.25) is 0 Å². The molecule has 62 heavy (non-hydrogen) atoms. The number of rotatable bonds is 37. The number of likely N-dealkylation sites (N-methyl/N-ethyl adjacent to an activating group) is 1. The number of likely N-dealkylation sites (tertiary alicyclic amines) is 1. The van der Waals surface area contributed by atoms with Crippen molar-refractivity contribution in [3.05, 3.63) is 0 Å². The Bertz CT molecular complexity index is 1140. The molecule has 2 unspecified atom stereocenters. The van der Waals surface area contributed by atoms with Crippen molar-refractivity contribution in [2.45, 2.75) is 274 Å². The number of nitrogens with one attached hydrogen (secondary N) is 1. The van der Waals surface area contributed by atoms with Gasteiger partial charge in [-0.3, -0.25) is 19.3 Å². The van der Waals surface area contributed by atoms with Crippen LogP contribution in [-0.4, -0.2) is 95.0 Å². The molecule has 0 spiro atoms. The fourth-order valence-electron chi connectivity index (χ4n) is 9.34. The van der Waals surface area contributed by atoms with Gasteiger partial charge < -0.3 is 24.6 Å². The number of esters is 2. The van der Waals surface area contributed by atoms with Crippen LogP contribution in [-0.2, 0) is 28.6 Å². The molecule has 9 atom stereocenters. The minimum absolute atomic E-state index is 0. The average Bonchev–Trinajstić information content (AvgIpc) is 3.61. The third-order valence-electron chi connectivity index (χ3n) is 13.1. The Kier molecular flexibility index (Phi) is 35.7. The second-order valence-corrected chi connectivity index (χ2v) is 20.3. The number of unbranched alkanes of at least 4 members (excludes halogenated alkanes) is 24. The van der Waals surface area contributed by atoms with Gasteiger partial charge in [0.1, 0.15) is 17.6 Å².